The van der Waals surface area contributed by atoms with Crippen LogP contribution in [0.4, 0.5) is 10.7 Å². The zero-order valence-electron chi connectivity index (χ0n) is 33.5. The summed E-state index contributed by atoms with van der Waals surface area (Å²) in [5.74, 6) is -1.17. The van der Waals surface area contributed by atoms with E-state index in [0.717, 1.165) is 56.5 Å². The molecule has 3 amide bonds. The average Bonchev–Trinajstić information content (AvgIpc) is 3.60. The standard InChI is InChI=1S/C49H47N3O5S2/c1-5-57-48(56)42-39-27-26-35(49(2,3)4)29-41(39)59-47(42)52-46(55)43(32-17-8-6-9-18-32)58-37-24-15-23-36(30-37)50-45(54)40(51-44(53)33-19-10-7-11-20-33)28-34-22-14-21-31-16-12-13-25-38(31)34/h6-25,28,30,35,43H,5,26-27,29H2,1-4H3,(H,50,54)(H,51,53)(H,52,55)/b40-28+. The Morgan fingerprint density at radius 1 is 0.847 bits per heavy atom. The van der Waals surface area contributed by atoms with Gasteiger partial charge in [-0.2, -0.15) is 0 Å². The van der Waals surface area contributed by atoms with Gasteiger partial charge < -0.3 is 20.7 Å². The first-order chi connectivity index (χ1) is 28.5. The number of esters is 1. The molecule has 1 aliphatic rings. The number of hydrogen-bond acceptors (Lipinski definition) is 7. The summed E-state index contributed by atoms with van der Waals surface area (Å²) in [4.78, 5) is 57.1. The van der Waals surface area contributed by atoms with Gasteiger partial charge in [-0.15, -0.1) is 23.1 Å². The number of hydrogen-bond donors (Lipinski definition) is 3. The van der Waals surface area contributed by atoms with Crippen molar-refractivity contribution in [3.05, 3.63) is 166 Å². The summed E-state index contributed by atoms with van der Waals surface area (Å²) in [7, 11) is 0. The molecule has 0 aliphatic heterocycles. The minimum atomic E-state index is -0.703. The highest BCUT2D eigenvalue weighted by atomic mass is 32.2. The molecule has 0 saturated heterocycles. The molecular weight excluding hydrogens is 775 g/mol. The zero-order valence-corrected chi connectivity index (χ0v) is 35.2. The number of anilines is 2. The van der Waals surface area contributed by atoms with Crippen molar-refractivity contribution in [1.82, 2.24) is 5.32 Å². The highest BCUT2D eigenvalue weighted by Gasteiger charge is 2.35. The van der Waals surface area contributed by atoms with E-state index in [1.807, 2.05) is 91.0 Å². The summed E-state index contributed by atoms with van der Waals surface area (Å²) in [5.41, 5.74) is 4.07. The highest BCUT2D eigenvalue weighted by molar-refractivity contribution is 8.00. The summed E-state index contributed by atoms with van der Waals surface area (Å²) in [6.45, 7) is 8.76. The predicted octanol–water partition coefficient (Wildman–Crippen LogP) is 11.1. The van der Waals surface area contributed by atoms with Gasteiger partial charge in [0.25, 0.3) is 11.8 Å². The van der Waals surface area contributed by atoms with E-state index in [1.54, 1.807) is 49.4 Å². The first-order valence-electron chi connectivity index (χ1n) is 19.8. The quantitative estimate of drug-likeness (QED) is 0.0644. The zero-order chi connectivity index (χ0) is 41.5. The van der Waals surface area contributed by atoms with E-state index >= 15 is 0 Å². The van der Waals surface area contributed by atoms with Crippen molar-refractivity contribution in [2.24, 2.45) is 11.3 Å². The van der Waals surface area contributed by atoms with E-state index in [-0.39, 0.29) is 23.6 Å². The Labute approximate surface area is 353 Å². The Kier molecular flexibility index (Phi) is 12.8. The molecule has 8 nitrogen and oxygen atoms in total. The normalized spacial score (nSPS) is 14.5. The van der Waals surface area contributed by atoms with Gasteiger partial charge in [-0.25, -0.2) is 4.79 Å². The number of rotatable bonds is 12. The number of nitrogens with one attached hydrogen (secondary N) is 3. The van der Waals surface area contributed by atoms with Crippen LogP contribution in [0.15, 0.2) is 138 Å². The van der Waals surface area contributed by atoms with Crippen LogP contribution in [0.1, 0.15) is 81.6 Å². The topological polar surface area (TPSA) is 114 Å². The van der Waals surface area contributed by atoms with Crippen LogP contribution < -0.4 is 16.0 Å². The van der Waals surface area contributed by atoms with E-state index in [9.17, 15) is 19.2 Å². The Balaban J connectivity index is 1.16. The van der Waals surface area contributed by atoms with Gasteiger partial charge in [0.15, 0.2) is 0 Å². The lowest BCUT2D eigenvalue weighted by Crippen LogP contribution is -2.30. The van der Waals surface area contributed by atoms with Crippen LogP contribution >= 0.6 is 23.1 Å². The fourth-order valence-electron chi connectivity index (χ4n) is 7.37. The number of benzene rings is 5. The van der Waals surface area contributed by atoms with Gasteiger partial charge in [-0.3, -0.25) is 14.4 Å². The van der Waals surface area contributed by atoms with Crippen LogP contribution in [0.3, 0.4) is 0 Å². The monoisotopic (exact) mass is 821 g/mol. The lowest BCUT2D eigenvalue weighted by molar-refractivity contribution is -0.116. The van der Waals surface area contributed by atoms with Crippen LogP contribution in [0.5, 0.6) is 0 Å². The third kappa shape index (κ3) is 9.84. The largest absolute Gasteiger partial charge is 0.462 e. The maximum Gasteiger partial charge on any atom is 0.341 e. The Morgan fingerprint density at radius 3 is 2.29 bits per heavy atom. The van der Waals surface area contributed by atoms with Crippen molar-refractivity contribution in [1.29, 1.82) is 0 Å². The lowest BCUT2D eigenvalue weighted by Gasteiger charge is -2.33. The summed E-state index contributed by atoms with van der Waals surface area (Å²) in [6, 6.07) is 39.2. The molecule has 2 atom stereocenters. The molecule has 5 aromatic carbocycles. The smallest absolute Gasteiger partial charge is 0.341 e. The first-order valence-corrected chi connectivity index (χ1v) is 21.5. The second-order valence-corrected chi connectivity index (χ2v) is 17.8. The van der Waals surface area contributed by atoms with Crippen molar-refractivity contribution in [2.45, 2.75) is 57.1 Å². The first kappa shape index (κ1) is 41.2. The molecule has 6 aromatic rings. The molecule has 7 rings (SSSR count). The van der Waals surface area contributed by atoms with E-state index in [4.69, 9.17) is 4.74 Å². The third-order valence-corrected chi connectivity index (χ3v) is 13.0. The Bertz CT molecular complexity index is 2520. The predicted molar refractivity (Wildman–Crippen MR) is 240 cm³/mol. The van der Waals surface area contributed by atoms with Crippen LogP contribution in [0.2, 0.25) is 0 Å². The van der Waals surface area contributed by atoms with Gasteiger partial charge in [0.2, 0.25) is 5.91 Å². The van der Waals surface area contributed by atoms with E-state index < -0.39 is 23.0 Å². The van der Waals surface area contributed by atoms with Crippen molar-refractivity contribution in [2.75, 3.05) is 17.2 Å². The number of thiophene rings is 1. The van der Waals surface area contributed by atoms with Gasteiger partial charge in [0, 0.05) is 21.0 Å². The van der Waals surface area contributed by atoms with Crippen LogP contribution in [-0.2, 0) is 27.2 Å². The molecule has 10 heteroatoms. The molecule has 0 saturated carbocycles. The average molecular weight is 822 g/mol. The number of ether oxygens (including phenoxy) is 1. The number of carbonyl (C=O) groups excluding carboxylic acids is 4. The Morgan fingerprint density at radius 2 is 1.54 bits per heavy atom. The lowest BCUT2D eigenvalue weighted by atomic mass is 9.72. The number of thioether (sulfide) groups is 1. The molecule has 1 aliphatic carbocycles. The minimum absolute atomic E-state index is 0.0691. The second kappa shape index (κ2) is 18.3. The molecule has 0 fully saturated rings. The second-order valence-electron chi connectivity index (χ2n) is 15.6. The van der Waals surface area contributed by atoms with Crippen molar-refractivity contribution in [3.8, 4) is 0 Å². The van der Waals surface area contributed by atoms with E-state index in [2.05, 4.69) is 36.7 Å². The molecule has 59 heavy (non-hydrogen) atoms. The summed E-state index contributed by atoms with van der Waals surface area (Å²) in [5, 5.41) is 10.7. The summed E-state index contributed by atoms with van der Waals surface area (Å²) < 4.78 is 5.52. The number of carbonyl (C=O) groups is 4. The SMILES string of the molecule is CCOC(=O)c1c(NC(=O)C(Sc2cccc(NC(=O)/C(=C\c3cccc4ccccc34)NC(=O)c3ccccc3)c2)c2ccccc2)sc2c1CCC(C(C)(C)C)C2. The third-order valence-electron chi connectivity index (χ3n) is 10.5. The van der Waals surface area contributed by atoms with Gasteiger partial charge in [-0.05, 0) is 101 Å². The van der Waals surface area contributed by atoms with Gasteiger partial charge in [0.1, 0.15) is 15.9 Å². The molecule has 0 radical (unpaired) electrons. The maximum absolute atomic E-state index is 14.4. The van der Waals surface area contributed by atoms with Gasteiger partial charge in [-0.1, -0.05) is 118 Å². The fourth-order valence-corrected chi connectivity index (χ4v) is 9.77. The molecule has 3 N–H and O–H groups in total. The fraction of sp³-hybridized carbons (Fsp3) is 0.224. The summed E-state index contributed by atoms with van der Waals surface area (Å²) >= 11 is 2.81. The molecule has 0 spiro atoms. The van der Waals surface area contributed by atoms with Crippen LogP contribution in [-0.4, -0.2) is 30.3 Å². The molecule has 1 aromatic heterocycles. The molecule has 2 unspecified atom stereocenters. The molecule has 1 heterocycles. The van der Waals surface area contributed by atoms with E-state index in [1.165, 1.54) is 23.1 Å². The number of fused-ring (bicyclic) bond motifs is 2. The van der Waals surface area contributed by atoms with Crippen LogP contribution in [0.25, 0.3) is 16.8 Å². The van der Waals surface area contributed by atoms with Crippen molar-refractivity contribution < 1.29 is 23.9 Å². The van der Waals surface area contributed by atoms with Crippen molar-refractivity contribution >= 4 is 74.3 Å². The van der Waals surface area contributed by atoms with Gasteiger partial charge >= 0.3 is 5.97 Å². The highest BCUT2D eigenvalue weighted by Crippen LogP contribution is 2.45. The van der Waals surface area contributed by atoms with Crippen LogP contribution in [0, 0.1) is 11.3 Å². The molecule has 300 valence electrons. The maximum atomic E-state index is 14.4. The minimum Gasteiger partial charge on any atom is -0.462 e. The molecule has 0 bridgehead atoms. The molecular formula is C49H47N3O5S2. The Hall–Kier alpha value is -5.97. The summed E-state index contributed by atoms with van der Waals surface area (Å²) in [6.07, 6.45) is 4.24. The van der Waals surface area contributed by atoms with Gasteiger partial charge in [0.05, 0.1) is 12.2 Å². The van der Waals surface area contributed by atoms with Crippen molar-refractivity contribution in [3.63, 3.8) is 0 Å². The number of amides is 3. The van der Waals surface area contributed by atoms with E-state index in [0.29, 0.717) is 27.7 Å².